The van der Waals surface area contributed by atoms with Crippen molar-refractivity contribution >= 4 is 28.1 Å². The van der Waals surface area contributed by atoms with E-state index in [9.17, 15) is 60.7 Å². The van der Waals surface area contributed by atoms with Crippen LogP contribution in [0.15, 0.2) is 23.5 Å². The molecule has 428 valence electrons. The summed E-state index contributed by atoms with van der Waals surface area (Å²) >= 11 is 0. The zero-order valence-corrected chi connectivity index (χ0v) is 44.2. The van der Waals surface area contributed by atoms with Crippen molar-refractivity contribution in [2.45, 2.75) is 228 Å². The number of ether oxygens (including phenoxy) is 11. The second kappa shape index (κ2) is 21.8. The van der Waals surface area contributed by atoms with Crippen LogP contribution in [0.3, 0.4) is 0 Å². The minimum atomic E-state index is -2.68. The van der Waals surface area contributed by atoms with Gasteiger partial charge < -0.3 is 103 Å². The first kappa shape index (κ1) is 57.6. The molecule has 24 heteroatoms. The molecule has 24 nitrogen and oxygen atoms in total. The van der Waals surface area contributed by atoms with Crippen LogP contribution in [0.2, 0.25) is 0 Å². The quantitative estimate of drug-likeness (QED) is 0.131. The van der Waals surface area contributed by atoms with Crippen LogP contribution in [0.25, 0.3) is 10.8 Å². The lowest BCUT2D eigenvalue weighted by atomic mass is 9.62. The average Bonchev–Trinajstić information content (AvgIpc) is 3.55. The van der Waals surface area contributed by atoms with Gasteiger partial charge in [-0.25, -0.2) is 0 Å². The molecule has 5 heterocycles. The molecule has 0 unspecified atom stereocenters. The van der Waals surface area contributed by atoms with Gasteiger partial charge in [0.25, 0.3) is 0 Å². The van der Waals surface area contributed by atoms with E-state index in [1.807, 2.05) is 0 Å². The van der Waals surface area contributed by atoms with Crippen molar-refractivity contribution in [2.75, 3.05) is 7.11 Å². The lowest BCUT2D eigenvalue weighted by Gasteiger charge is -2.50. The molecule has 0 saturated carbocycles. The highest BCUT2D eigenvalue weighted by molar-refractivity contribution is 6.25. The molecule has 0 aromatic heterocycles. The van der Waals surface area contributed by atoms with Gasteiger partial charge in [0.2, 0.25) is 12.1 Å². The summed E-state index contributed by atoms with van der Waals surface area (Å²) in [6.07, 6.45) is -22.8. The minimum Gasteiger partial charge on any atom is -0.508 e. The molecule has 2 aromatic carbocycles. The van der Waals surface area contributed by atoms with E-state index in [2.05, 4.69) is 0 Å². The minimum absolute atomic E-state index is 0.0478. The van der Waals surface area contributed by atoms with Gasteiger partial charge in [0.05, 0.1) is 71.5 Å². The third kappa shape index (κ3) is 10.4. The first-order chi connectivity index (χ1) is 36.2. The number of phenolic OH excluding ortho intramolecular Hbond substituents is 2. The van der Waals surface area contributed by atoms with Gasteiger partial charge in [-0.15, -0.1) is 0 Å². The number of carbonyl (C=O) groups is 3. The Balaban J connectivity index is 0.988. The molecule has 2 aliphatic carbocycles. The van der Waals surface area contributed by atoms with Crippen LogP contribution >= 0.6 is 0 Å². The van der Waals surface area contributed by atoms with E-state index < -0.39 is 186 Å². The highest BCUT2D eigenvalue weighted by Crippen LogP contribution is 2.53. The lowest BCUT2D eigenvalue weighted by molar-refractivity contribution is -0.339. The molecule has 5 saturated heterocycles. The first-order valence-electron chi connectivity index (χ1n) is 26.1. The van der Waals surface area contributed by atoms with Crippen molar-refractivity contribution in [2.24, 2.45) is 5.92 Å². The summed E-state index contributed by atoms with van der Waals surface area (Å²) < 4.78 is 66.7. The summed E-state index contributed by atoms with van der Waals surface area (Å²) in [5.74, 6) is -6.65. The largest absolute Gasteiger partial charge is 0.508 e. The number of aliphatic hydroxyl groups is 8. The van der Waals surface area contributed by atoms with Crippen molar-refractivity contribution in [3.05, 3.63) is 40.2 Å². The Bertz CT molecular complexity index is 2580. The topological polar surface area (TPSA) is 355 Å². The van der Waals surface area contributed by atoms with Gasteiger partial charge in [0.15, 0.2) is 42.3 Å². The number of fused-ring (bicyclic) bond motifs is 3. The van der Waals surface area contributed by atoms with Crippen LogP contribution < -0.4 is 4.74 Å². The van der Waals surface area contributed by atoms with Crippen molar-refractivity contribution in [1.29, 1.82) is 0 Å². The molecule has 77 heavy (non-hydrogen) atoms. The summed E-state index contributed by atoms with van der Waals surface area (Å²) in [6, 6.07) is 2.98. The molecule has 23 atom stereocenters. The van der Waals surface area contributed by atoms with Gasteiger partial charge in [-0.2, -0.15) is 0 Å². The number of aromatic hydroxyl groups is 2. The van der Waals surface area contributed by atoms with E-state index in [4.69, 9.17) is 52.1 Å². The van der Waals surface area contributed by atoms with Gasteiger partial charge >= 0.3 is 0 Å². The van der Waals surface area contributed by atoms with Crippen LogP contribution in [0, 0.1) is 12.8 Å². The van der Waals surface area contributed by atoms with Gasteiger partial charge in [0, 0.05) is 50.7 Å². The Morgan fingerprint density at radius 1 is 0.688 bits per heavy atom. The molecular weight excluding hydrogens is 1020 g/mol. The lowest BCUT2D eigenvalue weighted by Crippen LogP contribution is -2.65. The highest BCUT2D eigenvalue weighted by atomic mass is 16.7. The van der Waals surface area contributed by atoms with E-state index in [1.54, 1.807) is 27.7 Å². The molecule has 10 N–H and O–H groups in total. The molecule has 9 rings (SSSR count). The maximum absolute atomic E-state index is 15.5. The summed E-state index contributed by atoms with van der Waals surface area (Å²) in [5.41, 5.74) is -5.19. The number of methoxy groups -OCH3 is 1. The smallest absolute Gasteiger partial charge is 0.207 e. The Morgan fingerprint density at radius 3 is 1.83 bits per heavy atom. The molecule has 0 radical (unpaired) electrons. The van der Waals surface area contributed by atoms with E-state index in [1.165, 1.54) is 40.0 Å². The molecule has 0 spiro atoms. The van der Waals surface area contributed by atoms with Gasteiger partial charge in [-0.05, 0) is 84.9 Å². The fraction of sp³-hybridized carbons (Fsp3) is 0.717. The number of aliphatic hydroxyl groups excluding tert-OH is 7. The van der Waals surface area contributed by atoms with E-state index in [0.29, 0.717) is 0 Å². The molecule has 2 aromatic rings. The van der Waals surface area contributed by atoms with Crippen molar-refractivity contribution in [3.63, 3.8) is 0 Å². The number of rotatable bonds is 12. The molecule has 0 bridgehead atoms. The fourth-order valence-electron chi connectivity index (χ4n) is 12.1. The van der Waals surface area contributed by atoms with Crippen molar-refractivity contribution in [1.82, 2.24) is 0 Å². The number of carbonyl (C=O) groups excluding carboxylic acids is 3. The maximum Gasteiger partial charge on any atom is 0.207 e. The Kier molecular flexibility index (Phi) is 16.3. The second-order valence-electron chi connectivity index (χ2n) is 22.0. The number of hydrogen-bond donors (Lipinski definition) is 10. The standard InChI is InChI=1S/C53H72O24/c1-18-30(73-35-15-31(43(59)21(4)69-35)74-33-13-28(55)42(58)20(3)68-33)12-26-10-25-11-27-48(67-9)46(62)38(19(2)54)50(64)53(27,51(65)40(25)45(61)39(26)41(18)57)77-36-16-32(44(60)22(5)70-36)75-34-14-29(56)47(23(6)71-34)76-37-17-52(8,66)49(63)24(7)72-37/h10,12,20-24,27-29,31-37,42-44,47-49,55-61,63-64,66H,11,13-17H2,1-9H3/t20-,21-,22-,23-,24-,27+,28-,29-,31+,32-,33+,34-,35+,36+,37+,42-,43-,44-,47+,48+,49-,52+,53-/m1/s1. The Hall–Kier alpha value is -4.03. The van der Waals surface area contributed by atoms with Gasteiger partial charge in [0.1, 0.15) is 65.2 Å². The summed E-state index contributed by atoms with van der Waals surface area (Å²) in [4.78, 5) is 42.9. The van der Waals surface area contributed by atoms with Crippen LogP contribution in [0.5, 0.6) is 17.2 Å². The summed E-state index contributed by atoms with van der Waals surface area (Å²) in [5, 5.41) is 112. The van der Waals surface area contributed by atoms with Gasteiger partial charge in [-0.3, -0.25) is 14.4 Å². The summed E-state index contributed by atoms with van der Waals surface area (Å²) in [7, 11) is 1.18. The normalized spacial score (nSPS) is 43.7. The van der Waals surface area contributed by atoms with Crippen LogP contribution in [0.4, 0.5) is 0 Å². The SMILES string of the molecule is CO[C@@H]1C(=O)C(C(C)=O)=C(O)[C@@]2(O[C@H]3C[C@@H](O[C@@H]4C[C@@H](O)[C@@H](O[C@H]5C[C@](C)(O)[C@H](O)[C@@H](C)O5)[C@@H](C)O4)[C@H](O)[C@@H](C)O3)C(=O)c3c(cc4cc(O[C@H]5C[C@H](O[C@H]6C[C@@H](O)[C@H](O)[C@@H](C)O6)[C@H](O)[C@@H](C)O5)c(C)c(O)c4c3O)C[C@@H]12. The van der Waals surface area contributed by atoms with Crippen LogP contribution in [-0.4, -0.2) is 210 Å². The van der Waals surface area contributed by atoms with Crippen molar-refractivity contribution < 1.29 is 118 Å². The second-order valence-corrected chi connectivity index (χ2v) is 22.0. The first-order valence-corrected chi connectivity index (χ1v) is 26.1. The Morgan fingerprint density at radius 2 is 1.25 bits per heavy atom. The molecule has 0 amide bonds. The molecule has 7 aliphatic rings. The van der Waals surface area contributed by atoms with E-state index in [0.717, 1.165) is 6.92 Å². The zero-order valence-electron chi connectivity index (χ0n) is 44.2. The number of ketones is 3. The van der Waals surface area contributed by atoms with Crippen LogP contribution in [0.1, 0.15) is 102 Å². The molecule has 5 fully saturated rings. The monoisotopic (exact) mass is 1090 g/mol. The average molecular weight is 1090 g/mol. The zero-order chi connectivity index (χ0) is 56.1. The molecular formula is C53H72O24. The predicted molar refractivity (Wildman–Crippen MR) is 260 cm³/mol. The maximum atomic E-state index is 15.5. The highest BCUT2D eigenvalue weighted by Gasteiger charge is 2.65. The Labute approximate surface area is 443 Å². The number of benzene rings is 2. The van der Waals surface area contributed by atoms with Crippen LogP contribution in [-0.2, 0) is 63.4 Å². The van der Waals surface area contributed by atoms with Gasteiger partial charge in [-0.1, -0.05) is 0 Å². The fourth-order valence-corrected chi connectivity index (χ4v) is 12.1. The number of hydrogen-bond acceptors (Lipinski definition) is 24. The third-order valence-corrected chi connectivity index (χ3v) is 16.4. The predicted octanol–water partition coefficient (Wildman–Crippen LogP) is 0.794. The summed E-state index contributed by atoms with van der Waals surface area (Å²) in [6.45, 7) is 11.8. The number of phenols is 2. The van der Waals surface area contributed by atoms with Crippen molar-refractivity contribution in [3.8, 4) is 17.2 Å². The number of Topliss-reactive ketones (excluding diaryl/α,β-unsaturated/α-hetero) is 3. The van der Waals surface area contributed by atoms with E-state index >= 15 is 4.79 Å². The molecule has 5 aliphatic heterocycles. The van der Waals surface area contributed by atoms with E-state index in [-0.39, 0.29) is 66.2 Å². The third-order valence-electron chi connectivity index (χ3n) is 16.4.